The molecule has 1 N–H and O–H groups in total. The van der Waals surface area contributed by atoms with E-state index in [-0.39, 0.29) is 17.7 Å². The minimum Gasteiger partial charge on any atom is -0.497 e. The minimum atomic E-state index is -0.755. The van der Waals surface area contributed by atoms with Crippen molar-refractivity contribution >= 4 is 5.91 Å². The summed E-state index contributed by atoms with van der Waals surface area (Å²) in [6.45, 7) is 6.06. The molecule has 0 fully saturated rings. The van der Waals surface area contributed by atoms with Gasteiger partial charge in [0.25, 0.3) is 5.91 Å². The second kappa shape index (κ2) is 9.95. The Kier molecular flexibility index (Phi) is 7.65. The number of nitrogens with one attached hydrogen (secondary N) is 1. The zero-order valence-corrected chi connectivity index (χ0v) is 16.4. The maximum atomic E-state index is 13.9. The Morgan fingerprint density at radius 2 is 1.78 bits per heavy atom. The van der Waals surface area contributed by atoms with Crippen molar-refractivity contribution in [2.75, 3.05) is 7.11 Å². The highest BCUT2D eigenvalue weighted by Crippen LogP contribution is 2.24. The third kappa shape index (κ3) is 5.98. The molecule has 0 unspecified atom stereocenters. The Hall–Kier alpha value is -2.56. The normalized spacial score (nSPS) is 13.1. The van der Waals surface area contributed by atoms with Crippen LogP contribution in [0.4, 0.5) is 4.39 Å². The van der Waals surface area contributed by atoms with E-state index >= 15 is 0 Å². The molecule has 2 rings (SSSR count). The van der Waals surface area contributed by atoms with Crippen LogP contribution in [0.3, 0.4) is 0 Å². The number of benzene rings is 2. The number of ether oxygens (including phenoxy) is 2. The highest BCUT2D eigenvalue weighted by atomic mass is 19.1. The second-order valence-electron chi connectivity index (χ2n) is 6.91. The average Bonchev–Trinajstić information content (AvgIpc) is 2.66. The molecule has 0 aliphatic carbocycles. The number of carbonyl (C=O) groups is 1. The zero-order chi connectivity index (χ0) is 19.8. The van der Waals surface area contributed by atoms with E-state index in [2.05, 4.69) is 19.2 Å². The smallest absolute Gasteiger partial charge is 0.261 e. The van der Waals surface area contributed by atoms with Crippen molar-refractivity contribution in [2.45, 2.75) is 45.8 Å². The molecular formula is C22H28FNO3. The van der Waals surface area contributed by atoms with Crippen molar-refractivity contribution in [2.24, 2.45) is 5.92 Å². The third-order valence-corrected chi connectivity index (χ3v) is 4.31. The first-order valence-corrected chi connectivity index (χ1v) is 9.30. The van der Waals surface area contributed by atoms with E-state index < -0.39 is 11.9 Å². The van der Waals surface area contributed by atoms with Gasteiger partial charge in [-0.05, 0) is 48.6 Å². The number of methoxy groups -OCH3 is 1. The monoisotopic (exact) mass is 373 g/mol. The summed E-state index contributed by atoms with van der Waals surface area (Å²) in [5.74, 6) is 0.525. The SMILES string of the molecule is CC[C@@H](Oc1ccccc1F)C(=O)N[C@H](CC(C)C)c1ccc(OC)cc1. The van der Waals surface area contributed by atoms with Gasteiger partial charge in [-0.1, -0.05) is 45.0 Å². The van der Waals surface area contributed by atoms with E-state index in [0.717, 1.165) is 17.7 Å². The average molecular weight is 373 g/mol. The van der Waals surface area contributed by atoms with Crippen molar-refractivity contribution in [3.05, 3.63) is 59.9 Å². The number of hydrogen-bond donors (Lipinski definition) is 1. The molecule has 1 amide bonds. The van der Waals surface area contributed by atoms with Crippen molar-refractivity contribution in [1.82, 2.24) is 5.32 Å². The molecule has 146 valence electrons. The lowest BCUT2D eigenvalue weighted by atomic mass is 9.96. The predicted octanol–water partition coefficient (Wildman–Crippen LogP) is 4.90. The summed E-state index contributed by atoms with van der Waals surface area (Å²) in [7, 11) is 1.62. The van der Waals surface area contributed by atoms with E-state index in [1.165, 1.54) is 12.1 Å². The first kappa shape index (κ1) is 20.7. The summed E-state index contributed by atoms with van der Waals surface area (Å²) in [6.07, 6.45) is 0.473. The highest BCUT2D eigenvalue weighted by Gasteiger charge is 2.24. The van der Waals surface area contributed by atoms with Gasteiger partial charge in [-0.25, -0.2) is 4.39 Å². The first-order chi connectivity index (χ1) is 12.9. The summed E-state index contributed by atoms with van der Waals surface area (Å²) in [6, 6.07) is 13.6. The van der Waals surface area contributed by atoms with Crippen LogP contribution in [-0.2, 0) is 4.79 Å². The molecule has 0 heterocycles. The molecule has 0 saturated carbocycles. The summed E-state index contributed by atoms with van der Waals surface area (Å²) in [5, 5.41) is 3.07. The second-order valence-corrected chi connectivity index (χ2v) is 6.91. The third-order valence-electron chi connectivity index (χ3n) is 4.31. The number of rotatable bonds is 9. The maximum absolute atomic E-state index is 13.9. The summed E-state index contributed by atoms with van der Waals surface area (Å²) in [4.78, 5) is 12.8. The molecule has 4 nitrogen and oxygen atoms in total. The topological polar surface area (TPSA) is 47.6 Å². The molecule has 5 heteroatoms. The molecule has 0 aliphatic heterocycles. The molecule has 2 aromatic carbocycles. The van der Waals surface area contributed by atoms with Gasteiger partial charge in [0.2, 0.25) is 0 Å². The quantitative estimate of drug-likeness (QED) is 0.680. The van der Waals surface area contributed by atoms with Crippen molar-refractivity contribution in [3.63, 3.8) is 0 Å². The van der Waals surface area contributed by atoms with Crippen LogP contribution in [0.25, 0.3) is 0 Å². The van der Waals surface area contributed by atoms with Crippen LogP contribution in [-0.4, -0.2) is 19.1 Å². The lowest BCUT2D eigenvalue weighted by Crippen LogP contribution is -2.40. The fraction of sp³-hybridized carbons (Fsp3) is 0.409. The molecule has 0 spiro atoms. The van der Waals surface area contributed by atoms with Crippen molar-refractivity contribution in [3.8, 4) is 11.5 Å². The van der Waals surface area contributed by atoms with E-state index in [1.54, 1.807) is 19.2 Å². The van der Waals surface area contributed by atoms with Crippen molar-refractivity contribution in [1.29, 1.82) is 0 Å². The molecule has 0 bridgehead atoms. The number of amides is 1. The van der Waals surface area contributed by atoms with Crippen LogP contribution < -0.4 is 14.8 Å². The Balaban J connectivity index is 2.13. The van der Waals surface area contributed by atoms with Gasteiger partial charge >= 0.3 is 0 Å². The first-order valence-electron chi connectivity index (χ1n) is 9.30. The highest BCUT2D eigenvalue weighted by molar-refractivity contribution is 5.81. The van der Waals surface area contributed by atoms with Gasteiger partial charge < -0.3 is 14.8 Å². The fourth-order valence-electron chi connectivity index (χ4n) is 2.87. The molecular weight excluding hydrogens is 345 g/mol. The summed E-state index contributed by atoms with van der Waals surface area (Å²) >= 11 is 0. The Bertz CT molecular complexity index is 731. The van der Waals surface area contributed by atoms with Crippen LogP contribution in [0, 0.1) is 11.7 Å². The molecule has 27 heavy (non-hydrogen) atoms. The lowest BCUT2D eigenvalue weighted by Gasteiger charge is -2.25. The Morgan fingerprint density at radius 3 is 2.33 bits per heavy atom. The molecule has 2 atom stereocenters. The van der Waals surface area contributed by atoms with Gasteiger partial charge in [-0.15, -0.1) is 0 Å². The number of hydrogen-bond acceptors (Lipinski definition) is 3. The van der Waals surface area contributed by atoms with Gasteiger partial charge in [0.05, 0.1) is 13.2 Å². The van der Waals surface area contributed by atoms with Gasteiger partial charge in [-0.3, -0.25) is 4.79 Å². The van der Waals surface area contributed by atoms with Crippen LogP contribution in [0.5, 0.6) is 11.5 Å². The summed E-state index contributed by atoms with van der Waals surface area (Å²) in [5.41, 5.74) is 0.999. The van der Waals surface area contributed by atoms with E-state index in [9.17, 15) is 9.18 Å². The zero-order valence-electron chi connectivity index (χ0n) is 16.4. The minimum absolute atomic E-state index is 0.0874. The van der Waals surface area contributed by atoms with E-state index in [4.69, 9.17) is 9.47 Å². The Labute approximate surface area is 160 Å². The van der Waals surface area contributed by atoms with Crippen LogP contribution in [0.1, 0.15) is 45.2 Å². The lowest BCUT2D eigenvalue weighted by molar-refractivity contribution is -0.129. The van der Waals surface area contributed by atoms with Gasteiger partial charge in [0, 0.05) is 0 Å². The number of para-hydroxylation sites is 1. The number of carbonyl (C=O) groups excluding carboxylic acids is 1. The molecule has 0 saturated heterocycles. The van der Waals surface area contributed by atoms with Crippen LogP contribution in [0.2, 0.25) is 0 Å². The molecule has 2 aromatic rings. The summed E-state index contributed by atoms with van der Waals surface area (Å²) < 4.78 is 24.7. The van der Waals surface area contributed by atoms with Gasteiger partial charge in [0.15, 0.2) is 17.7 Å². The van der Waals surface area contributed by atoms with Crippen molar-refractivity contribution < 1.29 is 18.7 Å². The van der Waals surface area contributed by atoms with E-state index in [0.29, 0.717) is 12.3 Å². The Morgan fingerprint density at radius 1 is 1.11 bits per heavy atom. The standard InChI is InChI=1S/C22H28FNO3/c1-5-20(27-21-9-7-6-8-18(21)23)22(25)24-19(14-15(2)3)16-10-12-17(26-4)13-11-16/h6-13,15,19-20H,5,14H2,1-4H3,(H,24,25)/t19-,20-/m1/s1. The molecule has 0 aromatic heterocycles. The van der Waals surface area contributed by atoms with Gasteiger partial charge in [-0.2, -0.15) is 0 Å². The van der Waals surface area contributed by atoms with E-state index in [1.807, 2.05) is 31.2 Å². The van der Waals surface area contributed by atoms with Crippen LogP contribution >= 0.6 is 0 Å². The van der Waals surface area contributed by atoms with Gasteiger partial charge in [0.1, 0.15) is 5.75 Å². The maximum Gasteiger partial charge on any atom is 0.261 e. The molecule has 0 aliphatic rings. The largest absolute Gasteiger partial charge is 0.497 e. The fourth-order valence-corrected chi connectivity index (χ4v) is 2.87. The molecule has 0 radical (unpaired) electrons. The van der Waals surface area contributed by atoms with Crippen LogP contribution in [0.15, 0.2) is 48.5 Å². The number of halogens is 1. The predicted molar refractivity (Wildman–Crippen MR) is 104 cm³/mol.